The maximum absolute atomic E-state index is 13.6. The fourth-order valence-corrected chi connectivity index (χ4v) is 6.52. The second-order valence-electron chi connectivity index (χ2n) is 10.6. The summed E-state index contributed by atoms with van der Waals surface area (Å²) in [5.41, 5.74) is 6.56. The van der Waals surface area contributed by atoms with E-state index in [1.54, 1.807) is 27.6 Å². The normalized spacial score (nSPS) is 15.9. The van der Waals surface area contributed by atoms with Crippen LogP contribution in [0, 0.1) is 0 Å². The summed E-state index contributed by atoms with van der Waals surface area (Å²) in [5.74, 6) is 0.449. The molecule has 0 unspecified atom stereocenters. The van der Waals surface area contributed by atoms with Gasteiger partial charge < -0.3 is 10.2 Å². The number of rotatable bonds is 7. The van der Waals surface area contributed by atoms with Crippen LogP contribution in [-0.2, 0) is 6.54 Å². The van der Waals surface area contributed by atoms with E-state index in [0.29, 0.717) is 34.3 Å². The molecule has 0 atom stereocenters. The van der Waals surface area contributed by atoms with Crippen LogP contribution in [0.5, 0.6) is 0 Å². The van der Waals surface area contributed by atoms with Crippen LogP contribution >= 0.6 is 22.9 Å². The first-order valence-corrected chi connectivity index (χ1v) is 15.3. The van der Waals surface area contributed by atoms with Crippen LogP contribution in [0.25, 0.3) is 32.6 Å². The van der Waals surface area contributed by atoms with Gasteiger partial charge in [-0.1, -0.05) is 23.7 Å². The number of thiazole rings is 1. The van der Waals surface area contributed by atoms with Crippen molar-refractivity contribution in [1.29, 1.82) is 0 Å². The van der Waals surface area contributed by atoms with E-state index >= 15 is 0 Å². The molecule has 4 heterocycles. The summed E-state index contributed by atoms with van der Waals surface area (Å²) in [6.45, 7) is 6.82. The van der Waals surface area contributed by atoms with Crippen molar-refractivity contribution in [2.75, 3.05) is 36.4 Å². The third-order valence-electron chi connectivity index (χ3n) is 7.99. The Hall–Kier alpha value is -3.79. The number of aromatic nitrogens is 4. The van der Waals surface area contributed by atoms with Crippen molar-refractivity contribution >= 4 is 51.3 Å². The molecule has 1 aliphatic heterocycles. The molecule has 2 aliphatic rings. The minimum atomic E-state index is -0.136. The third-order valence-corrected chi connectivity index (χ3v) is 9.12. The number of hydrogen-bond acceptors (Lipinski definition) is 8. The zero-order valence-electron chi connectivity index (χ0n) is 22.8. The lowest BCUT2D eigenvalue weighted by Crippen LogP contribution is -2.47. The number of pyridine rings is 1. The minimum Gasteiger partial charge on any atom is -0.369 e. The Labute approximate surface area is 247 Å². The highest BCUT2D eigenvalue weighted by Crippen LogP contribution is 2.33. The molecule has 1 N–H and O–H groups in total. The fourth-order valence-electron chi connectivity index (χ4n) is 5.62. The summed E-state index contributed by atoms with van der Waals surface area (Å²) >= 11 is 8.23. The Morgan fingerprint density at radius 1 is 1.00 bits per heavy atom. The maximum atomic E-state index is 13.6. The predicted octanol–water partition coefficient (Wildman–Crippen LogP) is 6.28. The van der Waals surface area contributed by atoms with Crippen LogP contribution in [0.1, 0.15) is 19.8 Å². The molecular weight excluding hydrogens is 554 g/mol. The second-order valence-corrected chi connectivity index (χ2v) is 11.9. The van der Waals surface area contributed by atoms with Crippen LogP contribution in [-0.4, -0.2) is 56.6 Å². The Balaban J connectivity index is 1.13. The smallest absolute Gasteiger partial charge is 0.260 e. The molecule has 41 heavy (non-hydrogen) atoms. The zero-order chi connectivity index (χ0) is 27.9. The van der Waals surface area contributed by atoms with Gasteiger partial charge in [-0.05, 0) is 61.7 Å². The van der Waals surface area contributed by atoms with Crippen molar-refractivity contribution in [2.45, 2.75) is 32.4 Å². The summed E-state index contributed by atoms with van der Waals surface area (Å²) in [6.07, 6.45) is 6.30. The van der Waals surface area contributed by atoms with Crippen LogP contribution in [0.15, 0.2) is 71.2 Å². The average molecular weight is 584 g/mol. The third kappa shape index (κ3) is 5.21. The van der Waals surface area contributed by atoms with Crippen LogP contribution in [0.4, 0.5) is 17.3 Å². The van der Waals surface area contributed by atoms with Crippen LogP contribution in [0.3, 0.4) is 0 Å². The molecule has 0 radical (unpaired) electrons. The maximum Gasteiger partial charge on any atom is 0.260 e. The average Bonchev–Trinajstić information content (AvgIpc) is 3.71. The SMILES string of the molecule is CCn1c(=O)c(-c2ccc(-c3cncs3)cc2Cl)cc2cnc(Nc3ccc(N4CCN(C5CC5)CC4)cc3)nc21. The van der Waals surface area contributed by atoms with Crippen molar-refractivity contribution in [1.82, 2.24) is 24.4 Å². The summed E-state index contributed by atoms with van der Waals surface area (Å²) in [4.78, 5) is 33.1. The summed E-state index contributed by atoms with van der Waals surface area (Å²) in [5, 5.41) is 4.60. The zero-order valence-corrected chi connectivity index (χ0v) is 24.3. The molecule has 2 fully saturated rings. The predicted molar refractivity (Wildman–Crippen MR) is 168 cm³/mol. The molecular formula is C31H30ClN7OS. The number of fused-ring (bicyclic) bond motifs is 1. The van der Waals surface area contributed by atoms with E-state index < -0.39 is 0 Å². The van der Waals surface area contributed by atoms with Gasteiger partial charge in [0.2, 0.25) is 5.95 Å². The number of nitrogens with zero attached hydrogens (tertiary/aromatic N) is 6. The molecule has 2 aromatic carbocycles. The molecule has 208 valence electrons. The molecule has 1 saturated carbocycles. The van der Waals surface area contributed by atoms with Crippen molar-refractivity contribution < 1.29 is 0 Å². The lowest BCUT2D eigenvalue weighted by Gasteiger charge is -2.36. The highest BCUT2D eigenvalue weighted by Gasteiger charge is 2.31. The molecule has 0 bridgehead atoms. The van der Waals surface area contributed by atoms with E-state index in [9.17, 15) is 4.79 Å². The lowest BCUT2D eigenvalue weighted by atomic mass is 10.0. The van der Waals surface area contributed by atoms with Crippen molar-refractivity contribution in [3.8, 4) is 21.6 Å². The Bertz CT molecular complexity index is 1760. The molecule has 8 nitrogen and oxygen atoms in total. The van der Waals surface area contributed by atoms with Gasteiger partial charge in [0.15, 0.2) is 0 Å². The number of aryl methyl sites for hydroxylation is 1. The fraction of sp³-hybridized carbons (Fsp3) is 0.290. The van der Waals surface area contributed by atoms with E-state index in [1.165, 1.54) is 18.5 Å². The molecule has 0 amide bonds. The van der Waals surface area contributed by atoms with Gasteiger partial charge in [0.1, 0.15) is 5.65 Å². The molecule has 7 rings (SSSR count). The van der Waals surface area contributed by atoms with Gasteiger partial charge in [-0.2, -0.15) is 4.98 Å². The van der Waals surface area contributed by atoms with E-state index in [0.717, 1.165) is 53.7 Å². The lowest BCUT2D eigenvalue weighted by molar-refractivity contribution is 0.248. The van der Waals surface area contributed by atoms with E-state index in [-0.39, 0.29) is 5.56 Å². The highest BCUT2D eigenvalue weighted by molar-refractivity contribution is 7.13. The van der Waals surface area contributed by atoms with Gasteiger partial charge in [-0.25, -0.2) is 4.98 Å². The molecule has 1 saturated heterocycles. The standard InChI is InChI=1S/C31H30ClN7OS/c1-2-39-29-21(15-26(30(39)40)25-10-3-20(16-27(25)32)28-18-33-19-41-28)17-34-31(36-29)35-22-4-6-23(7-5-22)37-11-13-38(14-12-37)24-8-9-24/h3-7,10,15-19,24H,2,8-9,11-14H2,1H3,(H,34,35,36). The largest absolute Gasteiger partial charge is 0.369 e. The Kier molecular flexibility index (Phi) is 6.94. The minimum absolute atomic E-state index is 0.136. The molecule has 3 aromatic heterocycles. The van der Waals surface area contributed by atoms with Gasteiger partial charge >= 0.3 is 0 Å². The van der Waals surface area contributed by atoms with Gasteiger partial charge in [0, 0.05) is 84.1 Å². The number of benzene rings is 2. The van der Waals surface area contributed by atoms with Crippen LogP contribution in [0.2, 0.25) is 5.02 Å². The van der Waals surface area contributed by atoms with Crippen molar-refractivity contribution in [3.63, 3.8) is 0 Å². The number of anilines is 3. The summed E-state index contributed by atoms with van der Waals surface area (Å²) in [7, 11) is 0. The monoisotopic (exact) mass is 583 g/mol. The van der Waals surface area contributed by atoms with E-state index in [1.807, 2.05) is 37.4 Å². The molecule has 5 aromatic rings. The van der Waals surface area contributed by atoms with Crippen molar-refractivity contribution in [2.24, 2.45) is 0 Å². The number of piperazine rings is 1. The van der Waals surface area contributed by atoms with E-state index in [4.69, 9.17) is 16.6 Å². The second kappa shape index (κ2) is 10.9. The molecule has 0 spiro atoms. The first kappa shape index (κ1) is 26.1. The molecule has 10 heteroatoms. The number of hydrogen-bond donors (Lipinski definition) is 1. The first-order chi connectivity index (χ1) is 20.1. The van der Waals surface area contributed by atoms with Gasteiger partial charge in [0.25, 0.3) is 5.56 Å². The number of halogens is 1. The quantitative estimate of drug-likeness (QED) is 0.241. The Morgan fingerprint density at radius 3 is 2.49 bits per heavy atom. The van der Waals surface area contributed by atoms with Crippen molar-refractivity contribution in [3.05, 3.63) is 81.8 Å². The summed E-state index contributed by atoms with van der Waals surface area (Å²) < 4.78 is 1.68. The Morgan fingerprint density at radius 2 is 1.80 bits per heavy atom. The van der Waals surface area contributed by atoms with Gasteiger partial charge in [-0.3, -0.25) is 19.2 Å². The topological polar surface area (TPSA) is 79.2 Å². The van der Waals surface area contributed by atoms with E-state index in [2.05, 4.69) is 49.4 Å². The molecule has 1 aliphatic carbocycles. The van der Waals surface area contributed by atoms with Gasteiger partial charge in [0.05, 0.1) is 10.4 Å². The van der Waals surface area contributed by atoms with Crippen LogP contribution < -0.4 is 15.8 Å². The summed E-state index contributed by atoms with van der Waals surface area (Å²) in [6, 6.07) is 16.8. The highest BCUT2D eigenvalue weighted by atomic mass is 35.5. The number of nitrogens with one attached hydrogen (secondary N) is 1. The van der Waals surface area contributed by atoms with Gasteiger partial charge in [-0.15, -0.1) is 11.3 Å². The first-order valence-electron chi connectivity index (χ1n) is 14.0.